The second-order valence-corrected chi connectivity index (χ2v) is 8.58. The van der Waals surface area contributed by atoms with Crippen LogP contribution in [0.1, 0.15) is 18.1 Å². The van der Waals surface area contributed by atoms with Gasteiger partial charge in [-0.15, -0.1) is 0 Å². The molecule has 28 heavy (non-hydrogen) atoms. The summed E-state index contributed by atoms with van der Waals surface area (Å²) in [4.78, 5) is 2.15. The standard InChI is InChI=1S/C18H20F5N3OS/c19-12-1-2-15(20)14(3-12)17-16(24)4-13(9-27-17)25-5-10-7-26(8-11(10)6-25)28-18(21,22)23/h1-3,13,16-17H,4-9,24H2/t13?,16?,17-/m1/s1. The summed E-state index contributed by atoms with van der Waals surface area (Å²) in [5, 5.41) is 0. The van der Waals surface area contributed by atoms with Crippen molar-refractivity contribution in [3.05, 3.63) is 46.5 Å². The molecule has 0 aliphatic carbocycles. The van der Waals surface area contributed by atoms with Crippen LogP contribution in [0.3, 0.4) is 0 Å². The summed E-state index contributed by atoms with van der Waals surface area (Å²) in [6.07, 6.45) is -0.171. The summed E-state index contributed by atoms with van der Waals surface area (Å²) in [5.74, 6) is -1.10. The van der Waals surface area contributed by atoms with Crippen LogP contribution in [-0.4, -0.2) is 59.6 Å². The number of nitrogens with zero attached hydrogens (tertiary/aromatic N) is 2. The Bertz CT molecular complexity index is 769. The third kappa shape index (κ3) is 4.20. The molecule has 0 saturated carbocycles. The largest absolute Gasteiger partial charge is 0.456 e. The minimum absolute atomic E-state index is 0.00260. The summed E-state index contributed by atoms with van der Waals surface area (Å²) >= 11 is -0.0790. The van der Waals surface area contributed by atoms with E-state index in [1.165, 1.54) is 4.31 Å². The molecule has 2 unspecified atom stereocenters. The highest BCUT2D eigenvalue weighted by Gasteiger charge is 2.41. The van der Waals surface area contributed by atoms with Gasteiger partial charge in [-0.2, -0.15) is 13.2 Å². The van der Waals surface area contributed by atoms with E-state index >= 15 is 0 Å². The van der Waals surface area contributed by atoms with E-state index in [1.54, 1.807) is 0 Å². The van der Waals surface area contributed by atoms with Crippen molar-refractivity contribution in [2.24, 2.45) is 5.73 Å². The van der Waals surface area contributed by atoms with Gasteiger partial charge in [-0.25, -0.2) is 13.1 Å². The van der Waals surface area contributed by atoms with Gasteiger partial charge in [0.1, 0.15) is 17.7 Å². The molecule has 3 aliphatic rings. The lowest BCUT2D eigenvalue weighted by Crippen LogP contribution is -2.49. The molecule has 0 spiro atoms. The van der Waals surface area contributed by atoms with Gasteiger partial charge < -0.3 is 10.5 Å². The van der Waals surface area contributed by atoms with Crippen molar-refractivity contribution in [1.29, 1.82) is 0 Å². The van der Waals surface area contributed by atoms with E-state index in [9.17, 15) is 22.0 Å². The summed E-state index contributed by atoms with van der Waals surface area (Å²) in [6, 6.07) is 2.72. The van der Waals surface area contributed by atoms with Crippen molar-refractivity contribution < 1.29 is 26.7 Å². The van der Waals surface area contributed by atoms with Crippen molar-refractivity contribution in [2.45, 2.75) is 30.1 Å². The minimum atomic E-state index is -4.27. The zero-order valence-electron chi connectivity index (χ0n) is 14.9. The van der Waals surface area contributed by atoms with Crippen LogP contribution in [0.2, 0.25) is 0 Å². The molecular formula is C18H20F5N3OS. The number of alkyl halides is 3. The predicted molar refractivity (Wildman–Crippen MR) is 95.2 cm³/mol. The first-order valence-electron chi connectivity index (χ1n) is 8.96. The molecule has 4 nitrogen and oxygen atoms in total. The number of nitrogens with two attached hydrogens (primary N) is 1. The number of ether oxygens (including phenoxy) is 1. The highest BCUT2D eigenvalue weighted by Crippen LogP contribution is 2.40. The average molecular weight is 421 g/mol. The quantitative estimate of drug-likeness (QED) is 0.461. The molecule has 0 bridgehead atoms. The van der Waals surface area contributed by atoms with Crippen molar-refractivity contribution in [3.63, 3.8) is 0 Å². The minimum Gasteiger partial charge on any atom is -0.370 e. The number of benzene rings is 1. The van der Waals surface area contributed by atoms with Gasteiger partial charge in [0, 0.05) is 55.8 Å². The lowest BCUT2D eigenvalue weighted by molar-refractivity contribution is -0.0469. The summed E-state index contributed by atoms with van der Waals surface area (Å²) in [7, 11) is 0. The highest BCUT2D eigenvalue weighted by molar-refractivity contribution is 7.97. The van der Waals surface area contributed by atoms with Gasteiger partial charge in [-0.1, -0.05) is 0 Å². The van der Waals surface area contributed by atoms with Crippen LogP contribution in [0.4, 0.5) is 22.0 Å². The topological polar surface area (TPSA) is 41.7 Å². The van der Waals surface area contributed by atoms with Gasteiger partial charge in [0.05, 0.1) is 6.61 Å². The van der Waals surface area contributed by atoms with Gasteiger partial charge >= 0.3 is 5.51 Å². The fraction of sp³-hybridized carbons (Fsp3) is 0.556. The van der Waals surface area contributed by atoms with E-state index in [4.69, 9.17) is 10.5 Å². The van der Waals surface area contributed by atoms with Crippen LogP contribution in [0, 0.1) is 11.6 Å². The zero-order valence-corrected chi connectivity index (χ0v) is 15.7. The molecule has 3 atom stereocenters. The SMILES string of the molecule is NC1CC(N2CC3=C(CN(SC(F)(F)F)C3)C2)CO[C@@H]1c1cc(F)ccc1F. The van der Waals surface area contributed by atoms with Crippen LogP contribution in [-0.2, 0) is 4.74 Å². The molecule has 0 amide bonds. The number of rotatable bonds is 3. The molecule has 1 fully saturated rings. The van der Waals surface area contributed by atoms with Gasteiger partial charge in [-0.05, 0) is 35.8 Å². The maximum Gasteiger partial charge on any atom is 0.456 e. The molecule has 1 saturated heterocycles. The van der Waals surface area contributed by atoms with Gasteiger partial charge in [0.2, 0.25) is 0 Å². The van der Waals surface area contributed by atoms with Gasteiger partial charge in [0.15, 0.2) is 0 Å². The molecule has 3 heterocycles. The lowest BCUT2D eigenvalue weighted by atomic mass is 9.93. The third-order valence-corrected chi connectivity index (χ3v) is 6.16. The molecule has 3 aliphatic heterocycles. The fourth-order valence-corrected chi connectivity index (χ4v) is 4.93. The van der Waals surface area contributed by atoms with E-state index in [0.717, 1.165) is 29.3 Å². The molecule has 1 aromatic carbocycles. The Balaban J connectivity index is 1.34. The van der Waals surface area contributed by atoms with Crippen LogP contribution < -0.4 is 5.73 Å². The van der Waals surface area contributed by atoms with E-state index in [0.29, 0.717) is 39.2 Å². The smallest absolute Gasteiger partial charge is 0.370 e. The maximum absolute atomic E-state index is 14.0. The second-order valence-electron chi connectivity index (χ2n) is 7.42. The van der Waals surface area contributed by atoms with Gasteiger partial charge in [0.25, 0.3) is 0 Å². The van der Waals surface area contributed by atoms with E-state index in [1.807, 2.05) is 0 Å². The lowest BCUT2D eigenvalue weighted by Gasteiger charge is -2.39. The first-order valence-corrected chi connectivity index (χ1v) is 9.73. The average Bonchev–Trinajstić information content (AvgIpc) is 3.14. The molecule has 1 aromatic rings. The molecule has 2 N–H and O–H groups in total. The Hall–Kier alpha value is -1.20. The van der Waals surface area contributed by atoms with Crippen molar-refractivity contribution in [2.75, 3.05) is 32.8 Å². The summed E-state index contributed by atoms with van der Waals surface area (Å²) < 4.78 is 72.2. The van der Waals surface area contributed by atoms with Crippen molar-refractivity contribution in [3.8, 4) is 0 Å². The predicted octanol–water partition coefficient (Wildman–Crippen LogP) is 3.22. The fourth-order valence-electron chi connectivity index (χ4n) is 4.20. The first kappa shape index (κ1) is 20.1. The summed E-state index contributed by atoms with van der Waals surface area (Å²) in [6.45, 7) is 2.09. The molecule has 0 aromatic heterocycles. The van der Waals surface area contributed by atoms with Crippen LogP contribution in [0.5, 0.6) is 0 Å². The van der Waals surface area contributed by atoms with E-state index < -0.39 is 29.3 Å². The highest BCUT2D eigenvalue weighted by atomic mass is 32.2. The molecular weight excluding hydrogens is 401 g/mol. The molecule has 0 radical (unpaired) electrons. The Morgan fingerprint density at radius 2 is 1.75 bits per heavy atom. The van der Waals surface area contributed by atoms with Crippen LogP contribution in [0.25, 0.3) is 0 Å². The Labute approximate surface area is 163 Å². The van der Waals surface area contributed by atoms with Gasteiger partial charge in [-0.3, -0.25) is 4.90 Å². The maximum atomic E-state index is 14.0. The monoisotopic (exact) mass is 421 g/mol. The number of halogens is 5. The van der Waals surface area contributed by atoms with Crippen LogP contribution in [0.15, 0.2) is 29.3 Å². The number of hydrogen-bond donors (Lipinski definition) is 1. The van der Waals surface area contributed by atoms with E-state index in [2.05, 4.69) is 4.90 Å². The molecule has 154 valence electrons. The van der Waals surface area contributed by atoms with Crippen molar-refractivity contribution >= 4 is 11.9 Å². The molecule has 10 heteroatoms. The normalized spacial score (nSPS) is 29.6. The van der Waals surface area contributed by atoms with Crippen molar-refractivity contribution in [1.82, 2.24) is 9.21 Å². The molecule has 4 rings (SSSR count). The summed E-state index contributed by atoms with van der Waals surface area (Å²) in [5.41, 5.74) is 4.08. The Morgan fingerprint density at radius 3 is 2.36 bits per heavy atom. The van der Waals surface area contributed by atoms with Crippen LogP contribution >= 0.6 is 11.9 Å². The first-order chi connectivity index (χ1) is 13.2. The van der Waals surface area contributed by atoms with E-state index in [-0.39, 0.29) is 23.6 Å². The Kier molecular flexibility index (Phi) is 5.43. The second kappa shape index (κ2) is 7.56. The number of hydrogen-bond acceptors (Lipinski definition) is 5. The third-order valence-electron chi connectivity index (χ3n) is 5.44. The Morgan fingerprint density at radius 1 is 1.07 bits per heavy atom. The zero-order chi connectivity index (χ0) is 20.1.